The molecule has 0 N–H and O–H groups in total. The molecule has 0 radical (unpaired) electrons. The number of hydrogen-bond donors (Lipinski definition) is 0. The quantitative estimate of drug-likeness (QED) is 0.545. The third-order valence-electron chi connectivity index (χ3n) is 5.98. The summed E-state index contributed by atoms with van der Waals surface area (Å²) in [4.78, 5) is 30.0. The standard InChI is InChI=1S/C26H28FN3O3/c1-3-13-29(26(32)19-8-6-9-20(17-19)33-2)18-24(31)30-16-15-28-14-7-12-23(28)25(30)21-10-4-5-11-22(21)27/h4-12,14,17,25H,3,13,15-16,18H2,1-2H3. The lowest BCUT2D eigenvalue weighted by atomic mass is 9.99. The number of amides is 2. The summed E-state index contributed by atoms with van der Waals surface area (Å²) in [5.41, 5.74) is 1.78. The molecule has 6 nitrogen and oxygen atoms in total. The summed E-state index contributed by atoms with van der Waals surface area (Å²) < 4.78 is 22.1. The number of fused-ring (bicyclic) bond motifs is 1. The van der Waals surface area contributed by atoms with Crippen LogP contribution >= 0.6 is 0 Å². The molecule has 1 aliphatic rings. The van der Waals surface area contributed by atoms with Gasteiger partial charge in [-0.25, -0.2) is 4.39 Å². The molecule has 2 aromatic carbocycles. The molecule has 1 unspecified atom stereocenters. The van der Waals surface area contributed by atoms with Crippen LogP contribution in [0.5, 0.6) is 5.75 Å². The highest BCUT2D eigenvalue weighted by Crippen LogP contribution is 2.34. The monoisotopic (exact) mass is 449 g/mol. The summed E-state index contributed by atoms with van der Waals surface area (Å²) in [5.74, 6) is -0.208. The van der Waals surface area contributed by atoms with Gasteiger partial charge < -0.3 is 19.1 Å². The Balaban J connectivity index is 1.62. The molecule has 7 heteroatoms. The first-order valence-electron chi connectivity index (χ1n) is 11.2. The van der Waals surface area contributed by atoms with Crippen LogP contribution in [0.25, 0.3) is 0 Å². The zero-order valence-electron chi connectivity index (χ0n) is 18.9. The molecular formula is C26H28FN3O3. The highest BCUT2D eigenvalue weighted by molar-refractivity contribution is 5.97. The number of methoxy groups -OCH3 is 1. The van der Waals surface area contributed by atoms with E-state index in [4.69, 9.17) is 4.74 Å². The third kappa shape index (κ3) is 4.62. The van der Waals surface area contributed by atoms with Gasteiger partial charge in [-0.1, -0.05) is 31.2 Å². The zero-order valence-corrected chi connectivity index (χ0v) is 18.9. The number of ether oxygens (including phenoxy) is 1. The van der Waals surface area contributed by atoms with E-state index in [-0.39, 0.29) is 24.2 Å². The average Bonchev–Trinajstić information content (AvgIpc) is 3.32. The second-order valence-electron chi connectivity index (χ2n) is 8.10. The Morgan fingerprint density at radius 1 is 1.09 bits per heavy atom. The number of carbonyl (C=O) groups is 2. The lowest BCUT2D eigenvalue weighted by molar-refractivity contribution is -0.134. The van der Waals surface area contributed by atoms with E-state index in [2.05, 4.69) is 0 Å². The second kappa shape index (κ2) is 9.90. The van der Waals surface area contributed by atoms with Gasteiger partial charge in [-0.2, -0.15) is 0 Å². The van der Waals surface area contributed by atoms with E-state index in [0.717, 1.165) is 5.69 Å². The van der Waals surface area contributed by atoms with Crippen LogP contribution in [0, 0.1) is 5.82 Å². The summed E-state index contributed by atoms with van der Waals surface area (Å²) in [5, 5.41) is 0. The van der Waals surface area contributed by atoms with Crippen molar-refractivity contribution in [2.75, 3.05) is 26.7 Å². The van der Waals surface area contributed by atoms with Crippen LogP contribution in [0.15, 0.2) is 66.9 Å². The van der Waals surface area contributed by atoms with Gasteiger partial charge in [-0.05, 0) is 42.8 Å². The third-order valence-corrected chi connectivity index (χ3v) is 5.98. The van der Waals surface area contributed by atoms with Crippen molar-refractivity contribution in [2.45, 2.75) is 25.9 Å². The van der Waals surface area contributed by atoms with Gasteiger partial charge in [-0.15, -0.1) is 0 Å². The molecule has 0 bridgehead atoms. The minimum absolute atomic E-state index is 0.0739. The highest BCUT2D eigenvalue weighted by atomic mass is 19.1. The zero-order chi connectivity index (χ0) is 23.4. The SMILES string of the molecule is CCCN(CC(=O)N1CCn2cccc2C1c1ccccc1F)C(=O)c1cccc(OC)c1. The summed E-state index contributed by atoms with van der Waals surface area (Å²) in [6.45, 7) is 3.39. The smallest absolute Gasteiger partial charge is 0.254 e. The molecule has 3 aromatic rings. The van der Waals surface area contributed by atoms with Gasteiger partial charge in [0.1, 0.15) is 24.2 Å². The van der Waals surface area contributed by atoms with Gasteiger partial charge in [0.25, 0.3) is 5.91 Å². The van der Waals surface area contributed by atoms with E-state index in [1.165, 1.54) is 6.07 Å². The summed E-state index contributed by atoms with van der Waals surface area (Å²) in [7, 11) is 1.55. The summed E-state index contributed by atoms with van der Waals surface area (Å²) >= 11 is 0. The Morgan fingerprint density at radius 3 is 2.67 bits per heavy atom. The van der Waals surface area contributed by atoms with Crippen molar-refractivity contribution in [3.8, 4) is 5.75 Å². The second-order valence-corrected chi connectivity index (χ2v) is 8.10. The summed E-state index contributed by atoms with van der Waals surface area (Å²) in [6.07, 6.45) is 2.66. The molecule has 33 heavy (non-hydrogen) atoms. The van der Waals surface area contributed by atoms with Crippen LogP contribution < -0.4 is 4.74 Å². The van der Waals surface area contributed by atoms with Gasteiger partial charge >= 0.3 is 0 Å². The molecule has 2 amide bonds. The number of benzene rings is 2. The Hall–Kier alpha value is -3.61. The van der Waals surface area contributed by atoms with E-state index in [9.17, 15) is 14.0 Å². The van der Waals surface area contributed by atoms with Crippen LogP contribution in [-0.4, -0.2) is 52.9 Å². The molecule has 2 heterocycles. The van der Waals surface area contributed by atoms with Crippen molar-refractivity contribution in [1.29, 1.82) is 0 Å². The van der Waals surface area contributed by atoms with E-state index >= 15 is 0 Å². The van der Waals surface area contributed by atoms with E-state index in [0.29, 0.717) is 42.9 Å². The Morgan fingerprint density at radius 2 is 1.91 bits per heavy atom. The van der Waals surface area contributed by atoms with Crippen LogP contribution in [0.2, 0.25) is 0 Å². The molecule has 0 aliphatic carbocycles. The maximum Gasteiger partial charge on any atom is 0.254 e. The maximum atomic E-state index is 14.8. The number of rotatable bonds is 7. The van der Waals surface area contributed by atoms with Gasteiger partial charge in [0.2, 0.25) is 5.91 Å². The molecule has 172 valence electrons. The maximum absolute atomic E-state index is 14.8. The molecule has 0 saturated heterocycles. The minimum atomic E-state index is -0.544. The van der Waals surface area contributed by atoms with Gasteiger partial charge in [-0.3, -0.25) is 9.59 Å². The van der Waals surface area contributed by atoms with E-state index < -0.39 is 6.04 Å². The first-order valence-corrected chi connectivity index (χ1v) is 11.2. The van der Waals surface area contributed by atoms with Crippen molar-refractivity contribution >= 4 is 11.8 Å². The molecule has 1 aromatic heterocycles. The van der Waals surface area contributed by atoms with Crippen LogP contribution in [-0.2, 0) is 11.3 Å². The molecule has 0 saturated carbocycles. The van der Waals surface area contributed by atoms with Crippen LogP contribution in [0.3, 0.4) is 0 Å². The average molecular weight is 450 g/mol. The fourth-order valence-electron chi connectivity index (χ4n) is 4.39. The number of aromatic nitrogens is 1. The van der Waals surface area contributed by atoms with E-state index in [1.807, 2.05) is 29.8 Å². The predicted octanol–water partition coefficient (Wildman–Crippen LogP) is 4.12. The fraction of sp³-hybridized carbons (Fsp3) is 0.308. The van der Waals surface area contributed by atoms with Crippen molar-refractivity contribution in [3.05, 3.63) is 89.5 Å². The van der Waals surface area contributed by atoms with Crippen molar-refractivity contribution in [1.82, 2.24) is 14.4 Å². The molecule has 0 fully saturated rings. The molecule has 4 rings (SSSR count). The van der Waals surface area contributed by atoms with E-state index in [1.54, 1.807) is 59.4 Å². The highest BCUT2D eigenvalue weighted by Gasteiger charge is 2.34. The van der Waals surface area contributed by atoms with Crippen LogP contribution in [0.1, 0.15) is 41.0 Å². The predicted molar refractivity (Wildman–Crippen MR) is 124 cm³/mol. The number of carbonyl (C=O) groups excluding carboxylic acids is 2. The Labute approximate surface area is 193 Å². The van der Waals surface area contributed by atoms with Gasteiger partial charge in [0.15, 0.2) is 0 Å². The fourth-order valence-corrected chi connectivity index (χ4v) is 4.39. The lowest BCUT2D eigenvalue weighted by Gasteiger charge is -2.38. The summed E-state index contributed by atoms with van der Waals surface area (Å²) in [6, 6.07) is 16.7. The molecule has 0 spiro atoms. The number of nitrogens with zero attached hydrogens (tertiary/aromatic N) is 3. The molecular weight excluding hydrogens is 421 g/mol. The largest absolute Gasteiger partial charge is 0.497 e. The van der Waals surface area contributed by atoms with Gasteiger partial charge in [0, 0.05) is 42.7 Å². The lowest BCUT2D eigenvalue weighted by Crippen LogP contribution is -2.48. The Bertz CT molecular complexity index is 1140. The van der Waals surface area contributed by atoms with Crippen molar-refractivity contribution < 1.29 is 18.7 Å². The molecule has 1 aliphatic heterocycles. The minimum Gasteiger partial charge on any atom is -0.497 e. The topological polar surface area (TPSA) is 54.8 Å². The molecule has 1 atom stereocenters. The first kappa shape index (κ1) is 22.6. The van der Waals surface area contributed by atoms with Crippen molar-refractivity contribution in [3.63, 3.8) is 0 Å². The number of halogens is 1. The van der Waals surface area contributed by atoms with Gasteiger partial charge in [0.05, 0.1) is 7.11 Å². The number of hydrogen-bond acceptors (Lipinski definition) is 3. The normalized spacial score (nSPS) is 15.1. The Kier molecular flexibility index (Phi) is 6.77. The first-order chi connectivity index (χ1) is 16.0. The van der Waals surface area contributed by atoms with Crippen molar-refractivity contribution in [2.24, 2.45) is 0 Å². The van der Waals surface area contributed by atoms with Crippen LogP contribution in [0.4, 0.5) is 4.39 Å².